The number of carbonyl (C=O) groups excluding carboxylic acids is 10. The summed E-state index contributed by atoms with van der Waals surface area (Å²) in [7, 11) is 0. The van der Waals surface area contributed by atoms with Crippen LogP contribution in [0.3, 0.4) is 0 Å². The van der Waals surface area contributed by atoms with Crippen LogP contribution in [-0.4, -0.2) is 140 Å². The quantitative estimate of drug-likeness (QED) is 0.0418. The molecule has 5 aliphatic rings. The Morgan fingerprint density at radius 1 is 0.472 bits per heavy atom. The van der Waals surface area contributed by atoms with Gasteiger partial charge in [-0.2, -0.15) is 0 Å². The molecule has 0 spiro atoms. The lowest BCUT2D eigenvalue weighted by Crippen LogP contribution is -2.47. The van der Waals surface area contributed by atoms with Gasteiger partial charge in [0.15, 0.2) is 0 Å². The Hall–Kier alpha value is -4.76. The van der Waals surface area contributed by atoms with Gasteiger partial charge >= 0.3 is 0 Å². The summed E-state index contributed by atoms with van der Waals surface area (Å²) >= 11 is 0. The first-order chi connectivity index (χ1) is 42.7. The summed E-state index contributed by atoms with van der Waals surface area (Å²) in [4.78, 5) is 138. The van der Waals surface area contributed by atoms with Crippen LogP contribution in [0.25, 0.3) is 0 Å². The predicted molar refractivity (Wildman–Crippen MR) is 351 cm³/mol. The second-order valence-corrected chi connectivity index (χ2v) is 28.7. The van der Waals surface area contributed by atoms with Crippen molar-refractivity contribution >= 4 is 59.1 Å². The molecule has 0 aromatic carbocycles. The molecule has 16 nitrogen and oxygen atoms in total. The summed E-state index contributed by atoms with van der Waals surface area (Å²) < 4.78 is 0. The number of amides is 10. The molecule has 0 radical (unpaired) electrons. The van der Waals surface area contributed by atoms with Crippen molar-refractivity contribution < 1.29 is 47.9 Å². The standard InChI is InChI=1S/C73H122N6O10/c1-9-13-15-17-23-29-37-59-57(35-27-16-14-10-2)39-40-58(60(59)38-30-24-19-21-26-31-46-74(63(80)11-3)61-50-69(86)77(71(61)88)48-33-34-56(6)53-78-67(84)43-44-68(78)85)36-28-22-18-20-25-32-47-75(64(81)12-4)62-51-70(87)79(72(62)89)54-73(7,8)52-55(5)45-49-76-65(82)41-42-66(76)83/h43-44,55-62H,9-42,45-54H2,1-8H3. The molecule has 1 aliphatic carbocycles. The molecule has 1 saturated carbocycles. The van der Waals surface area contributed by atoms with Gasteiger partial charge in [0.2, 0.25) is 35.4 Å². The Kier molecular flexibility index (Phi) is 33.4. The van der Waals surface area contributed by atoms with Crippen LogP contribution >= 0.6 is 0 Å². The van der Waals surface area contributed by atoms with Crippen LogP contribution in [0, 0.1) is 40.9 Å². The van der Waals surface area contributed by atoms with Crippen molar-refractivity contribution in [1.82, 2.24) is 29.4 Å². The molecule has 10 amide bonds. The van der Waals surface area contributed by atoms with E-state index < -0.39 is 12.1 Å². The Morgan fingerprint density at radius 3 is 1.36 bits per heavy atom. The minimum absolute atomic E-state index is 0.0184. The SMILES string of the molecule is CCCCCCCCC1C(CCCCCC)CCC(CCCCCCCCN(C(=O)CC)C2CC(=O)N(CC(C)(C)CC(C)CCN3C(=O)CCC3=O)C2=O)C1CCCCCCCCN(C(=O)CC)C1CC(=O)N(CCCC(C)CN2C(=O)C=CC2=O)C1=O. The lowest BCUT2D eigenvalue weighted by atomic mass is 9.61. The highest BCUT2D eigenvalue weighted by molar-refractivity contribution is 6.13. The van der Waals surface area contributed by atoms with Crippen LogP contribution < -0.4 is 0 Å². The Morgan fingerprint density at radius 2 is 0.888 bits per heavy atom. The third kappa shape index (κ3) is 24.0. The molecule has 504 valence electrons. The average molecular weight is 1240 g/mol. The van der Waals surface area contributed by atoms with Crippen LogP contribution in [0.4, 0.5) is 0 Å². The van der Waals surface area contributed by atoms with E-state index >= 15 is 0 Å². The molecule has 4 aliphatic heterocycles. The number of nitrogens with zero attached hydrogens (tertiary/aromatic N) is 6. The molecule has 4 fully saturated rings. The van der Waals surface area contributed by atoms with E-state index in [0.717, 1.165) is 81.5 Å². The number of imide groups is 4. The molecule has 89 heavy (non-hydrogen) atoms. The summed E-state index contributed by atoms with van der Waals surface area (Å²) in [6, 6.07) is -1.51. The smallest absolute Gasteiger partial charge is 0.253 e. The van der Waals surface area contributed by atoms with Gasteiger partial charge in [0.1, 0.15) is 12.1 Å². The predicted octanol–water partition coefficient (Wildman–Crippen LogP) is 14.1. The highest BCUT2D eigenvalue weighted by Gasteiger charge is 2.46. The van der Waals surface area contributed by atoms with E-state index in [1.807, 2.05) is 20.8 Å². The van der Waals surface area contributed by atoms with Gasteiger partial charge in [-0.3, -0.25) is 67.5 Å². The Bertz CT molecular complexity index is 2280. The van der Waals surface area contributed by atoms with Gasteiger partial charge < -0.3 is 9.80 Å². The average Bonchev–Trinajstić information content (AvgIpc) is 2.40. The van der Waals surface area contributed by atoms with Crippen LogP contribution in [0.5, 0.6) is 0 Å². The lowest BCUT2D eigenvalue weighted by molar-refractivity contribution is -0.145. The summed E-state index contributed by atoms with van der Waals surface area (Å²) in [5, 5.41) is 0. The molecule has 8 atom stereocenters. The van der Waals surface area contributed by atoms with E-state index in [2.05, 4.69) is 34.6 Å². The Balaban J connectivity index is 1.07. The topological polar surface area (TPSA) is 190 Å². The van der Waals surface area contributed by atoms with Gasteiger partial charge in [-0.15, -0.1) is 0 Å². The second-order valence-electron chi connectivity index (χ2n) is 28.7. The zero-order valence-electron chi connectivity index (χ0n) is 57.2. The molecule has 0 N–H and O–H groups in total. The zero-order valence-corrected chi connectivity index (χ0v) is 57.2. The Labute approximate surface area is 537 Å². The highest BCUT2D eigenvalue weighted by Crippen LogP contribution is 2.48. The van der Waals surface area contributed by atoms with E-state index in [0.29, 0.717) is 45.4 Å². The van der Waals surface area contributed by atoms with Gasteiger partial charge in [0.25, 0.3) is 23.6 Å². The molecule has 5 rings (SSSR count). The van der Waals surface area contributed by atoms with Gasteiger partial charge in [0.05, 0.1) is 12.8 Å². The number of carbonyl (C=O) groups is 10. The molecular formula is C73H122N6O10. The van der Waals surface area contributed by atoms with Crippen molar-refractivity contribution in [2.24, 2.45) is 40.9 Å². The number of likely N-dealkylation sites (tertiary alicyclic amines) is 3. The molecule has 0 aromatic rings. The maximum atomic E-state index is 14.0. The molecular weight excluding hydrogens is 1120 g/mol. The van der Waals surface area contributed by atoms with Crippen molar-refractivity contribution in [2.45, 2.75) is 311 Å². The monoisotopic (exact) mass is 1240 g/mol. The van der Waals surface area contributed by atoms with E-state index in [4.69, 9.17) is 0 Å². The summed E-state index contributed by atoms with van der Waals surface area (Å²) in [5.74, 6) is 1.31. The summed E-state index contributed by atoms with van der Waals surface area (Å²) in [6.07, 6.45) is 40.6. The molecule has 16 heteroatoms. The fourth-order valence-electron chi connectivity index (χ4n) is 15.8. The summed E-state index contributed by atoms with van der Waals surface area (Å²) in [5.41, 5.74) is -0.378. The molecule has 4 heterocycles. The summed E-state index contributed by atoms with van der Waals surface area (Å²) in [6.45, 7) is 18.6. The van der Waals surface area contributed by atoms with E-state index in [1.54, 1.807) is 9.80 Å². The molecule has 0 aromatic heterocycles. The van der Waals surface area contributed by atoms with Crippen LogP contribution in [0.2, 0.25) is 0 Å². The van der Waals surface area contributed by atoms with E-state index in [-0.39, 0.29) is 128 Å². The lowest BCUT2D eigenvalue weighted by Gasteiger charge is -2.44. The van der Waals surface area contributed by atoms with Crippen LogP contribution in [0.15, 0.2) is 12.2 Å². The maximum Gasteiger partial charge on any atom is 0.253 e. The van der Waals surface area contributed by atoms with E-state index in [1.165, 1.54) is 160 Å². The van der Waals surface area contributed by atoms with Crippen molar-refractivity contribution in [2.75, 3.05) is 39.3 Å². The normalized spacial score (nSPS) is 22.3. The van der Waals surface area contributed by atoms with Crippen LogP contribution in [-0.2, 0) is 47.9 Å². The molecule has 0 bridgehead atoms. The fourth-order valence-corrected chi connectivity index (χ4v) is 15.8. The van der Waals surface area contributed by atoms with Crippen molar-refractivity contribution in [3.05, 3.63) is 12.2 Å². The first kappa shape index (κ1) is 75.0. The van der Waals surface area contributed by atoms with Crippen LogP contribution in [0.1, 0.15) is 299 Å². The third-order valence-corrected chi connectivity index (χ3v) is 20.8. The first-order valence-corrected chi connectivity index (χ1v) is 36.4. The second kappa shape index (κ2) is 39.6. The molecule has 8 unspecified atom stereocenters. The minimum atomic E-state index is -0.758. The van der Waals surface area contributed by atoms with Crippen molar-refractivity contribution in [3.63, 3.8) is 0 Å². The van der Waals surface area contributed by atoms with Gasteiger partial charge in [0, 0.05) is 77.1 Å². The van der Waals surface area contributed by atoms with Crippen molar-refractivity contribution in [1.29, 1.82) is 0 Å². The number of rotatable bonds is 47. The molecule has 3 saturated heterocycles. The first-order valence-electron chi connectivity index (χ1n) is 36.4. The highest BCUT2D eigenvalue weighted by atomic mass is 16.2. The maximum absolute atomic E-state index is 14.0. The fraction of sp³-hybridized carbons (Fsp3) is 0.836. The van der Waals surface area contributed by atoms with E-state index in [9.17, 15) is 47.9 Å². The number of hydrogen-bond acceptors (Lipinski definition) is 10. The van der Waals surface area contributed by atoms with Crippen molar-refractivity contribution in [3.8, 4) is 0 Å². The van der Waals surface area contributed by atoms with Gasteiger partial charge in [-0.25, -0.2) is 0 Å². The zero-order chi connectivity index (χ0) is 64.9. The van der Waals surface area contributed by atoms with Gasteiger partial charge in [-0.1, -0.05) is 197 Å². The number of unbranched alkanes of at least 4 members (excludes halogenated alkanes) is 18. The third-order valence-electron chi connectivity index (χ3n) is 20.8. The van der Waals surface area contributed by atoms with Gasteiger partial charge in [-0.05, 0) is 105 Å². The largest absolute Gasteiger partial charge is 0.330 e. The minimum Gasteiger partial charge on any atom is -0.330 e. The number of hydrogen-bond donors (Lipinski definition) is 0.